The van der Waals surface area contributed by atoms with Crippen molar-refractivity contribution in [1.29, 1.82) is 0 Å². The fourth-order valence-electron chi connectivity index (χ4n) is 5.35. The Hall–Kier alpha value is -2.86. The quantitative estimate of drug-likeness (QED) is 0.412. The molecule has 5 rings (SSSR count). The van der Waals surface area contributed by atoms with Crippen LogP contribution >= 0.6 is 11.3 Å². The first kappa shape index (κ1) is 23.9. The maximum Gasteiger partial charge on any atom is 0.225 e. The normalized spacial score (nSPS) is 19.5. The van der Waals surface area contributed by atoms with E-state index < -0.39 is 0 Å². The first-order valence-corrected chi connectivity index (χ1v) is 13.0. The van der Waals surface area contributed by atoms with E-state index in [0.717, 1.165) is 23.4 Å². The number of hydrogen-bond donors (Lipinski definition) is 1. The average Bonchev–Trinajstić information content (AvgIpc) is 3.19. The Morgan fingerprint density at radius 3 is 2.66 bits per heavy atom. The molecule has 2 aromatic carbocycles. The summed E-state index contributed by atoms with van der Waals surface area (Å²) >= 11 is 1.76. The fourth-order valence-corrected chi connectivity index (χ4v) is 6.76. The van der Waals surface area contributed by atoms with Gasteiger partial charge in [0.1, 0.15) is 12.4 Å². The SMILES string of the molecule is COc1cc([C@@H]2CC(=O)Nc3sc4c(c32)CC[C@H](C(C)(C)C)C4)ccc1OCc1ccccc1F. The molecule has 1 amide bonds. The molecular formula is C29H32FNO3S. The van der Waals surface area contributed by atoms with Crippen LogP contribution in [0.1, 0.15) is 66.7 Å². The largest absolute Gasteiger partial charge is 0.493 e. The zero-order valence-electron chi connectivity index (χ0n) is 20.7. The van der Waals surface area contributed by atoms with E-state index in [0.29, 0.717) is 29.4 Å². The van der Waals surface area contributed by atoms with Gasteiger partial charge in [-0.25, -0.2) is 4.39 Å². The molecule has 2 heterocycles. The van der Waals surface area contributed by atoms with Crippen molar-refractivity contribution in [1.82, 2.24) is 0 Å². The molecule has 3 aromatic rings. The number of methoxy groups -OCH3 is 1. The summed E-state index contributed by atoms with van der Waals surface area (Å²) in [5, 5.41) is 4.15. The van der Waals surface area contributed by atoms with Gasteiger partial charge in [-0.05, 0) is 65.5 Å². The first-order valence-electron chi connectivity index (χ1n) is 12.2. The molecule has 2 aliphatic rings. The maximum atomic E-state index is 14.0. The number of amides is 1. The number of anilines is 1. The molecule has 1 aliphatic heterocycles. The van der Waals surface area contributed by atoms with Crippen LogP contribution < -0.4 is 14.8 Å². The predicted molar refractivity (Wildman–Crippen MR) is 138 cm³/mol. The summed E-state index contributed by atoms with van der Waals surface area (Å²) in [7, 11) is 1.60. The monoisotopic (exact) mass is 493 g/mol. The molecule has 0 saturated heterocycles. The Balaban J connectivity index is 1.44. The maximum absolute atomic E-state index is 14.0. The van der Waals surface area contributed by atoms with Crippen LogP contribution in [0, 0.1) is 17.2 Å². The lowest BCUT2D eigenvalue weighted by Gasteiger charge is -2.34. The van der Waals surface area contributed by atoms with Crippen molar-refractivity contribution in [3.8, 4) is 11.5 Å². The molecule has 4 nitrogen and oxygen atoms in total. The van der Waals surface area contributed by atoms with Gasteiger partial charge >= 0.3 is 0 Å². The Morgan fingerprint density at radius 1 is 1.11 bits per heavy atom. The molecule has 1 aromatic heterocycles. The highest BCUT2D eigenvalue weighted by Gasteiger charge is 2.37. The minimum Gasteiger partial charge on any atom is -0.493 e. The summed E-state index contributed by atoms with van der Waals surface area (Å²) in [4.78, 5) is 14.1. The van der Waals surface area contributed by atoms with E-state index in [1.807, 2.05) is 18.2 Å². The highest BCUT2D eigenvalue weighted by Crippen LogP contribution is 2.50. The molecule has 6 heteroatoms. The fraction of sp³-hybridized carbons (Fsp3) is 0.414. The zero-order chi connectivity index (χ0) is 24.7. The van der Waals surface area contributed by atoms with Crippen molar-refractivity contribution in [3.05, 3.63) is 75.4 Å². The molecule has 0 radical (unpaired) electrons. The minimum atomic E-state index is -0.292. The van der Waals surface area contributed by atoms with Crippen molar-refractivity contribution >= 4 is 22.2 Å². The highest BCUT2D eigenvalue weighted by atomic mass is 32.1. The van der Waals surface area contributed by atoms with E-state index >= 15 is 0 Å². The van der Waals surface area contributed by atoms with Crippen LogP contribution in [0.2, 0.25) is 0 Å². The molecule has 0 spiro atoms. The van der Waals surface area contributed by atoms with E-state index in [2.05, 4.69) is 26.1 Å². The number of carbonyl (C=O) groups is 1. The van der Waals surface area contributed by atoms with Crippen molar-refractivity contribution in [3.63, 3.8) is 0 Å². The summed E-state index contributed by atoms with van der Waals surface area (Å²) in [6.07, 6.45) is 3.71. The molecule has 0 saturated carbocycles. The predicted octanol–water partition coefficient (Wildman–Crippen LogP) is 7.10. The lowest BCUT2D eigenvalue weighted by Crippen LogP contribution is -2.27. The number of hydrogen-bond acceptors (Lipinski definition) is 4. The van der Waals surface area contributed by atoms with E-state index in [9.17, 15) is 9.18 Å². The second-order valence-corrected chi connectivity index (χ2v) is 11.8. The number of carbonyl (C=O) groups excluding carboxylic acids is 1. The molecule has 1 N–H and O–H groups in total. The number of benzene rings is 2. The Kier molecular flexibility index (Phi) is 6.34. The second-order valence-electron chi connectivity index (χ2n) is 10.6. The Morgan fingerprint density at radius 2 is 1.91 bits per heavy atom. The van der Waals surface area contributed by atoms with Crippen LogP contribution in [0.15, 0.2) is 42.5 Å². The van der Waals surface area contributed by atoms with Gasteiger partial charge in [-0.3, -0.25) is 4.79 Å². The number of thiophene rings is 1. The number of ether oxygens (including phenoxy) is 2. The van der Waals surface area contributed by atoms with Gasteiger partial charge in [-0.2, -0.15) is 0 Å². The third-order valence-electron chi connectivity index (χ3n) is 7.45. The van der Waals surface area contributed by atoms with Crippen molar-refractivity contribution < 1.29 is 18.7 Å². The third-order valence-corrected chi connectivity index (χ3v) is 8.64. The van der Waals surface area contributed by atoms with Crippen LogP contribution in [0.3, 0.4) is 0 Å². The second kappa shape index (κ2) is 9.30. The smallest absolute Gasteiger partial charge is 0.225 e. The van der Waals surface area contributed by atoms with Crippen LogP contribution in [0.25, 0.3) is 0 Å². The molecule has 1 aliphatic carbocycles. The third kappa shape index (κ3) is 4.68. The van der Waals surface area contributed by atoms with Gasteiger partial charge in [0.15, 0.2) is 11.5 Å². The Bertz CT molecular complexity index is 1260. The molecule has 184 valence electrons. The van der Waals surface area contributed by atoms with Crippen LogP contribution in [-0.2, 0) is 24.2 Å². The summed E-state index contributed by atoms with van der Waals surface area (Å²) in [6, 6.07) is 12.4. The number of halogens is 1. The van der Waals surface area contributed by atoms with E-state index in [4.69, 9.17) is 9.47 Å². The summed E-state index contributed by atoms with van der Waals surface area (Å²) in [5.41, 5.74) is 4.50. The van der Waals surface area contributed by atoms with E-state index in [-0.39, 0.29) is 29.7 Å². The van der Waals surface area contributed by atoms with Gasteiger partial charge in [-0.1, -0.05) is 45.0 Å². The van der Waals surface area contributed by atoms with Gasteiger partial charge in [0.2, 0.25) is 5.91 Å². The molecule has 0 bridgehead atoms. The summed E-state index contributed by atoms with van der Waals surface area (Å²) in [6.45, 7) is 7.08. The van der Waals surface area contributed by atoms with Gasteiger partial charge in [0, 0.05) is 22.8 Å². The number of fused-ring (bicyclic) bond motifs is 3. The molecule has 0 unspecified atom stereocenters. The van der Waals surface area contributed by atoms with Crippen LogP contribution in [0.4, 0.5) is 9.39 Å². The van der Waals surface area contributed by atoms with Crippen LogP contribution in [0.5, 0.6) is 11.5 Å². The zero-order valence-corrected chi connectivity index (χ0v) is 21.6. The van der Waals surface area contributed by atoms with Gasteiger partial charge < -0.3 is 14.8 Å². The van der Waals surface area contributed by atoms with Gasteiger partial charge in [0.25, 0.3) is 0 Å². The number of nitrogens with one attached hydrogen (secondary N) is 1. The summed E-state index contributed by atoms with van der Waals surface area (Å²) < 4.78 is 25.6. The topological polar surface area (TPSA) is 47.6 Å². The van der Waals surface area contributed by atoms with E-state index in [1.54, 1.807) is 36.6 Å². The van der Waals surface area contributed by atoms with Crippen molar-refractivity contribution in [2.45, 2.75) is 59.0 Å². The molecule has 0 fully saturated rings. The molecular weight excluding hydrogens is 461 g/mol. The standard InChI is InChI=1S/C29H32FNO3S/c1-29(2,3)19-10-11-20-25(14-19)35-28-27(20)21(15-26(32)31-28)17-9-12-23(24(13-17)33-4)34-16-18-7-5-6-8-22(18)30/h5-9,12-13,19,21H,10-11,14-16H2,1-4H3,(H,31,32)/t19-,21-/m0/s1. The van der Waals surface area contributed by atoms with Gasteiger partial charge in [0.05, 0.1) is 12.1 Å². The minimum absolute atomic E-state index is 0.0144. The summed E-state index contributed by atoms with van der Waals surface area (Å²) in [5.74, 6) is 1.53. The van der Waals surface area contributed by atoms with Crippen molar-refractivity contribution in [2.75, 3.05) is 12.4 Å². The molecule has 35 heavy (non-hydrogen) atoms. The average molecular weight is 494 g/mol. The molecule has 2 atom stereocenters. The Labute approximate surface area is 210 Å². The lowest BCUT2D eigenvalue weighted by molar-refractivity contribution is -0.116. The van der Waals surface area contributed by atoms with Gasteiger partial charge in [-0.15, -0.1) is 11.3 Å². The number of rotatable bonds is 5. The lowest BCUT2D eigenvalue weighted by atomic mass is 9.71. The highest BCUT2D eigenvalue weighted by molar-refractivity contribution is 7.16. The van der Waals surface area contributed by atoms with Crippen molar-refractivity contribution in [2.24, 2.45) is 11.3 Å². The first-order chi connectivity index (χ1) is 16.7. The van der Waals surface area contributed by atoms with Crippen LogP contribution in [-0.4, -0.2) is 13.0 Å². The van der Waals surface area contributed by atoms with E-state index in [1.165, 1.54) is 28.5 Å².